The lowest BCUT2D eigenvalue weighted by Crippen LogP contribution is -2.42. The third kappa shape index (κ3) is 6.92. The monoisotopic (exact) mass is 357 g/mol. The van der Waals surface area contributed by atoms with Crippen molar-refractivity contribution in [2.24, 2.45) is 0 Å². The van der Waals surface area contributed by atoms with Crippen molar-refractivity contribution in [2.75, 3.05) is 18.4 Å². The summed E-state index contributed by atoms with van der Waals surface area (Å²) in [4.78, 5) is 23.3. The SMILES string of the molecule is O=C(C[C@@H](NCCNCc1ccccc1)C(=O)O)Nc1ccc(O)cc1. The average molecular weight is 357 g/mol. The quantitative estimate of drug-likeness (QED) is 0.326. The minimum Gasteiger partial charge on any atom is -0.508 e. The average Bonchev–Trinajstić information content (AvgIpc) is 2.63. The van der Waals surface area contributed by atoms with Crippen molar-refractivity contribution in [3.8, 4) is 5.75 Å². The summed E-state index contributed by atoms with van der Waals surface area (Å²) in [7, 11) is 0. The van der Waals surface area contributed by atoms with Gasteiger partial charge in [-0.15, -0.1) is 0 Å². The molecule has 0 unspecified atom stereocenters. The number of rotatable bonds is 10. The zero-order valence-corrected chi connectivity index (χ0v) is 14.3. The van der Waals surface area contributed by atoms with Crippen LogP contribution >= 0.6 is 0 Å². The van der Waals surface area contributed by atoms with Gasteiger partial charge in [0.1, 0.15) is 11.8 Å². The first-order chi connectivity index (χ1) is 12.5. The van der Waals surface area contributed by atoms with E-state index < -0.39 is 17.9 Å². The van der Waals surface area contributed by atoms with Crippen LogP contribution in [0.4, 0.5) is 5.69 Å². The van der Waals surface area contributed by atoms with Gasteiger partial charge >= 0.3 is 5.97 Å². The van der Waals surface area contributed by atoms with E-state index >= 15 is 0 Å². The standard InChI is InChI=1S/C19H23N3O4/c23-16-8-6-15(7-9-16)22-18(24)12-17(19(25)26)21-11-10-20-13-14-4-2-1-3-5-14/h1-9,17,20-21,23H,10-13H2,(H,22,24)(H,25,26)/t17-/m1/s1. The molecule has 2 aromatic carbocycles. The van der Waals surface area contributed by atoms with Crippen molar-refractivity contribution >= 4 is 17.6 Å². The molecule has 138 valence electrons. The highest BCUT2D eigenvalue weighted by Gasteiger charge is 2.20. The maximum Gasteiger partial charge on any atom is 0.321 e. The van der Waals surface area contributed by atoms with Crippen molar-refractivity contribution < 1.29 is 19.8 Å². The number of carboxylic acid groups (broad SMARTS) is 1. The molecule has 0 saturated carbocycles. The van der Waals surface area contributed by atoms with Crippen LogP contribution in [0.5, 0.6) is 5.75 Å². The number of carbonyl (C=O) groups is 2. The molecule has 1 atom stereocenters. The largest absolute Gasteiger partial charge is 0.508 e. The van der Waals surface area contributed by atoms with Gasteiger partial charge in [-0.2, -0.15) is 0 Å². The number of aromatic hydroxyl groups is 1. The van der Waals surface area contributed by atoms with Crippen molar-refractivity contribution in [3.05, 3.63) is 60.2 Å². The van der Waals surface area contributed by atoms with Gasteiger partial charge in [-0.1, -0.05) is 30.3 Å². The highest BCUT2D eigenvalue weighted by atomic mass is 16.4. The third-order valence-electron chi connectivity index (χ3n) is 3.70. The first kappa shape index (κ1) is 19.4. The highest BCUT2D eigenvalue weighted by molar-refractivity contribution is 5.94. The summed E-state index contributed by atoms with van der Waals surface area (Å²) in [6.07, 6.45) is -0.186. The second kappa shape index (κ2) is 10.2. The first-order valence-corrected chi connectivity index (χ1v) is 8.34. The maximum absolute atomic E-state index is 12.0. The van der Waals surface area contributed by atoms with Gasteiger partial charge in [0.15, 0.2) is 0 Å². The molecule has 0 spiro atoms. The maximum atomic E-state index is 12.0. The smallest absolute Gasteiger partial charge is 0.321 e. The molecule has 2 aromatic rings. The van der Waals surface area contributed by atoms with Gasteiger partial charge in [-0.25, -0.2) is 0 Å². The minimum atomic E-state index is -1.08. The molecule has 26 heavy (non-hydrogen) atoms. The number of benzene rings is 2. The lowest BCUT2D eigenvalue weighted by Gasteiger charge is -2.15. The molecule has 0 saturated heterocycles. The highest BCUT2D eigenvalue weighted by Crippen LogP contribution is 2.14. The van der Waals surface area contributed by atoms with Crippen LogP contribution in [0, 0.1) is 0 Å². The Hall–Kier alpha value is -2.90. The molecule has 0 aliphatic carbocycles. The fourth-order valence-electron chi connectivity index (χ4n) is 2.35. The third-order valence-corrected chi connectivity index (χ3v) is 3.70. The number of nitrogens with one attached hydrogen (secondary N) is 3. The molecule has 7 nitrogen and oxygen atoms in total. The molecule has 5 N–H and O–H groups in total. The summed E-state index contributed by atoms with van der Waals surface area (Å²) >= 11 is 0. The van der Waals surface area contributed by atoms with Crippen LogP contribution in [0.15, 0.2) is 54.6 Å². The zero-order chi connectivity index (χ0) is 18.8. The fraction of sp³-hybridized carbons (Fsp3) is 0.263. The second-order valence-corrected chi connectivity index (χ2v) is 5.81. The van der Waals surface area contributed by atoms with Crippen LogP contribution in [0.25, 0.3) is 0 Å². The molecule has 2 rings (SSSR count). The number of aliphatic carboxylic acids is 1. The van der Waals surface area contributed by atoms with Gasteiger partial charge in [0.05, 0.1) is 6.42 Å². The Bertz CT molecular complexity index is 704. The Balaban J connectivity index is 1.71. The van der Waals surface area contributed by atoms with E-state index in [0.717, 1.165) is 5.56 Å². The molecule has 0 heterocycles. The predicted octanol–water partition coefficient (Wildman–Crippen LogP) is 1.55. The van der Waals surface area contributed by atoms with Crippen LogP contribution in [-0.2, 0) is 16.1 Å². The number of amides is 1. The number of phenolic OH excluding ortho intramolecular Hbond substituents is 1. The van der Waals surface area contributed by atoms with Gasteiger partial charge < -0.3 is 26.2 Å². The van der Waals surface area contributed by atoms with E-state index in [9.17, 15) is 19.8 Å². The van der Waals surface area contributed by atoms with E-state index in [2.05, 4.69) is 16.0 Å². The van der Waals surface area contributed by atoms with Gasteiger partial charge in [-0.3, -0.25) is 9.59 Å². The summed E-state index contributed by atoms with van der Waals surface area (Å²) in [5, 5.41) is 27.2. The van der Waals surface area contributed by atoms with E-state index in [1.165, 1.54) is 12.1 Å². The normalized spacial score (nSPS) is 11.7. The Morgan fingerprint density at radius 3 is 2.31 bits per heavy atom. The van der Waals surface area contributed by atoms with E-state index in [4.69, 9.17) is 0 Å². The molecule has 0 aliphatic rings. The Morgan fingerprint density at radius 2 is 1.65 bits per heavy atom. The van der Waals surface area contributed by atoms with Crippen molar-refractivity contribution in [3.63, 3.8) is 0 Å². The lowest BCUT2D eigenvalue weighted by molar-refractivity contribution is -0.141. The van der Waals surface area contributed by atoms with Crippen LogP contribution in [0.3, 0.4) is 0 Å². The van der Waals surface area contributed by atoms with E-state index in [1.807, 2.05) is 30.3 Å². The van der Waals surface area contributed by atoms with Crippen LogP contribution in [0.2, 0.25) is 0 Å². The van der Waals surface area contributed by atoms with Crippen LogP contribution in [-0.4, -0.2) is 41.2 Å². The molecule has 0 bridgehead atoms. The summed E-state index contributed by atoms with van der Waals surface area (Å²) in [6.45, 7) is 1.70. The Morgan fingerprint density at radius 1 is 0.962 bits per heavy atom. The topological polar surface area (TPSA) is 111 Å². The number of hydrogen-bond donors (Lipinski definition) is 5. The van der Waals surface area contributed by atoms with Crippen molar-refractivity contribution in [2.45, 2.75) is 19.0 Å². The molecule has 7 heteroatoms. The molecule has 0 aromatic heterocycles. The van der Waals surface area contributed by atoms with E-state index in [-0.39, 0.29) is 12.2 Å². The number of hydrogen-bond acceptors (Lipinski definition) is 5. The molecule has 0 radical (unpaired) electrons. The van der Waals surface area contributed by atoms with Gasteiger partial charge in [-0.05, 0) is 29.8 Å². The number of carbonyl (C=O) groups excluding carboxylic acids is 1. The summed E-state index contributed by atoms with van der Waals surface area (Å²) < 4.78 is 0. The number of phenols is 1. The Kier molecular flexibility index (Phi) is 7.60. The molecule has 1 amide bonds. The van der Waals surface area contributed by atoms with Gasteiger partial charge in [0.25, 0.3) is 0 Å². The molecular formula is C19H23N3O4. The van der Waals surface area contributed by atoms with E-state index in [1.54, 1.807) is 12.1 Å². The summed E-state index contributed by atoms with van der Waals surface area (Å²) in [5.74, 6) is -1.39. The van der Waals surface area contributed by atoms with Crippen LogP contribution < -0.4 is 16.0 Å². The minimum absolute atomic E-state index is 0.0936. The summed E-state index contributed by atoms with van der Waals surface area (Å²) in [6, 6.07) is 14.9. The molecular weight excluding hydrogens is 334 g/mol. The summed E-state index contributed by atoms with van der Waals surface area (Å²) in [5.41, 5.74) is 1.65. The first-order valence-electron chi connectivity index (χ1n) is 8.34. The van der Waals surface area contributed by atoms with Gasteiger partial charge in [0.2, 0.25) is 5.91 Å². The fourth-order valence-corrected chi connectivity index (χ4v) is 2.35. The van der Waals surface area contributed by atoms with Crippen LogP contribution in [0.1, 0.15) is 12.0 Å². The molecule has 0 fully saturated rings. The zero-order valence-electron chi connectivity index (χ0n) is 14.3. The number of anilines is 1. The van der Waals surface area contributed by atoms with Crippen molar-refractivity contribution in [1.82, 2.24) is 10.6 Å². The molecule has 0 aliphatic heterocycles. The van der Waals surface area contributed by atoms with Gasteiger partial charge in [0, 0.05) is 25.3 Å². The predicted molar refractivity (Wildman–Crippen MR) is 98.9 cm³/mol. The lowest BCUT2D eigenvalue weighted by atomic mass is 10.2. The van der Waals surface area contributed by atoms with E-state index in [0.29, 0.717) is 25.3 Å². The Labute approximate surface area is 152 Å². The van der Waals surface area contributed by atoms with Crippen molar-refractivity contribution in [1.29, 1.82) is 0 Å². The number of carboxylic acids is 1. The second-order valence-electron chi connectivity index (χ2n) is 5.81.